The lowest BCUT2D eigenvalue weighted by atomic mass is 10.1. The molecule has 0 aliphatic carbocycles. The van der Waals surface area contributed by atoms with Crippen molar-refractivity contribution in [3.8, 4) is 0 Å². The highest BCUT2D eigenvalue weighted by atomic mass is 32.1. The van der Waals surface area contributed by atoms with Crippen LogP contribution in [-0.2, 0) is 9.59 Å². The van der Waals surface area contributed by atoms with Gasteiger partial charge in [0, 0.05) is 6.54 Å². The Kier molecular flexibility index (Phi) is 7.68. The van der Waals surface area contributed by atoms with Gasteiger partial charge in [-0.05, 0) is 54.7 Å². The quantitative estimate of drug-likeness (QED) is 0.761. The smallest absolute Gasteiger partial charge is 0.234 e. The van der Waals surface area contributed by atoms with Crippen LogP contribution in [0.5, 0.6) is 0 Å². The summed E-state index contributed by atoms with van der Waals surface area (Å²) in [5.41, 5.74) is 6.56. The normalized spacial score (nSPS) is 22.9. The van der Waals surface area contributed by atoms with Crippen LogP contribution >= 0.6 is 11.3 Å². The van der Waals surface area contributed by atoms with Crippen molar-refractivity contribution in [2.45, 2.75) is 44.7 Å². The first kappa shape index (κ1) is 18.9. The number of likely N-dealkylation sites (tertiary alicyclic amines) is 1. The highest BCUT2D eigenvalue weighted by Crippen LogP contribution is 2.16. The fourth-order valence-electron chi connectivity index (χ4n) is 3.14. The molecule has 0 bridgehead atoms. The zero-order valence-electron chi connectivity index (χ0n) is 14.3. The molecule has 6 nitrogen and oxygen atoms in total. The average molecular weight is 353 g/mol. The molecule has 4 N–H and O–H groups in total. The van der Waals surface area contributed by atoms with Crippen LogP contribution in [0.2, 0.25) is 0 Å². The van der Waals surface area contributed by atoms with E-state index in [4.69, 9.17) is 5.73 Å². The Labute approximate surface area is 147 Å². The molecule has 2 amide bonds. The molecule has 2 unspecified atom stereocenters. The van der Waals surface area contributed by atoms with Crippen LogP contribution < -0.4 is 16.4 Å². The van der Waals surface area contributed by atoms with Crippen LogP contribution in [0.1, 0.15) is 44.2 Å². The van der Waals surface area contributed by atoms with Crippen molar-refractivity contribution in [2.24, 2.45) is 5.73 Å². The number of thiophene rings is 1. The molecule has 2 aliphatic rings. The average Bonchev–Trinajstić information content (AvgIpc) is 3.12. The second-order valence-electron chi connectivity index (χ2n) is 6.22. The SMILES string of the molecule is CCC(C(N)=O)N1CCCCC1.O=C1CNC(c2ccsc2)CN1. The zero-order valence-corrected chi connectivity index (χ0v) is 15.1. The number of piperazine rings is 1. The summed E-state index contributed by atoms with van der Waals surface area (Å²) in [7, 11) is 0. The number of carbonyl (C=O) groups excluding carboxylic acids is 2. The van der Waals surface area contributed by atoms with Gasteiger partial charge < -0.3 is 11.1 Å². The minimum atomic E-state index is -0.167. The summed E-state index contributed by atoms with van der Waals surface area (Å²) in [5.74, 6) is -0.0825. The number of nitrogens with one attached hydrogen (secondary N) is 2. The number of carbonyl (C=O) groups is 2. The van der Waals surface area contributed by atoms with Crippen molar-refractivity contribution in [1.82, 2.24) is 15.5 Å². The molecule has 0 spiro atoms. The third-order valence-corrected chi connectivity index (χ3v) is 5.21. The zero-order chi connectivity index (χ0) is 17.4. The van der Waals surface area contributed by atoms with E-state index in [1.165, 1.54) is 24.8 Å². The van der Waals surface area contributed by atoms with E-state index >= 15 is 0 Å². The third-order valence-electron chi connectivity index (χ3n) is 4.50. The van der Waals surface area contributed by atoms with Gasteiger partial charge in [-0.25, -0.2) is 0 Å². The van der Waals surface area contributed by atoms with E-state index in [-0.39, 0.29) is 17.9 Å². The molecule has 2 atom stereocenters. The molecule has 24 heavy (non-hydrogen) atoms. The van der Waals surface area contributed by atoms with Crippen LogP contribution in [-0.4, -0.2) is 48.9 Å². The summed E-state index contributed by atoms with van der Waals surface area (Å²) in [5, 5.41) is 10.1. The Hall–Kier alpha value is -1.44. The van der Waals surface area contributed by atoms with Gasteiger partial charge >= 0.3 is 0 Å². The molecule has 7 heteroatoms. The summed E-state index contributed by atoms with van der Waals surface area (Å²) in [6.45, 7) is 5.24. The summed E-state index contributed by atoms with van der Waals surface area (Å²) in [6.07, 6.45) is 4.56. The number of rotatable bonds is 4. The van der Waals surface area contributed by atoms with Crippen molar-refractivity contribution in [2.75, 3.05) is 26.2 Å². The topological polar surface area (TPSA) is 87.5 Å². The van der Waals surface area contributed by atoms with Crippen molar-refractivity contribution >= 4 is 23.2 Å². The monoisotopic (exact) mass is 352 g/mol. The second-order valence-corrected chi connectivity index (χ2v) is 7.00. The number of nitrogens with zero attached hydrogens (tertiary/aromatic N) is 1. The van der Waals surface area contributed by atoms with Crippen molar-refractivity contribution in [1.29, 1.82) is 0 Å². The lowest BCUT2D eigenvalue weighted by molar-refractivity contribution is -0.124. The van der Waals surface area contributed by atoms with Crippen LogP contribution in [0.3, 0.4) is 0 Å². The van der Waals surface area contributed by atoms with Crippen molar-refractivity contribution in [3.05, 3.63) is 22.4 Å². The number of hydrogen-bond acceptors (Lipinski definition) is 5. The van der Waals surface area contributed by atoms with Crippen LogP contribution in [0.25, 0.3) is 0 Å². The molecular formula is C17H28N4O2S. The lowest BCUT2D eigenvalue weighted by Gasteiger charge is -2.31. The fourth-order valence-corrected chi connectivity index (χ4v) is 3.86. The van der Waals surface area contributed by atoms with E-state index in [9.17, 15) is 9.59 Å². The summed E-state index contributed by atoms with van der Waals surface area (Å²) >= 11 is 1.68. The van der Waals surface area contributed by atoms with E-state index in [1.807, 2.05) is 12.3 Å². The Morgan fingerprint density at radius 3 is 2.67 bits per heavy atom. The molecule has 134 valence electrons. The molecule has 2 fully saturated rings. The third kappa shape index (κ3) is 5.58. The van der Waals surface area contributed by atoms with Crippen molar-refractivity contribution < 1.29 is 9.59 Å². The van der Waals surface area contributed by atoms with E-state index in [0.717, 1.165) is 19.5 Å². The standard InChI is InChI=1S/C9H18N2O.C8H10N2OS/c1-2-8(9(10)12)11-6-4-3-5-7-11;11-8-4-9-7(3-10-8)6-1-2-12-5-6/h8H,2-7H2,1H3,(H2,10,12);1-2,5,7,9H,3-4H2,(H,10,11). The molecule has 0 radical (unpaired) electrons. The molecule has 0 aromatic carbocycles. The molecule has 2 aliphatic heterocycles. The Balaban J connectivity index is 0.000000174. The molecule has 1 aromatic heterocycles. The maximum absolute atomic E-state index is 11.0. The van der Waals surface area contributed by atoms with Gasteiger partial charge in [-0.3, -0.25) is 19.8 Å². The van der Waals surface area contributed by atoms with Gasteiger partial charge in [-0.15, -0.1) is 0 Å². The molecule has 3 heterocycles. The Morgan fingerprint density at radius 2 is 2.17 bits per heavy atom. The van der Waals surface area contributed by atoms with E-state index in [1.54, 1.807) is 11.3 Å². The first-order valence-electron chi connectivity index (χ1n) is 8.67. The number of nitrogens with two attached hydrogens (primary N) is 1. The van der Waals surface area contributed by atoms with Gasteiger partial charge in [0.05, 0.1) is 18.6 Å². The highest BCUT2D eigenvalue weighted by molar-refractivity contribution is 7.07. The highest BCUT2D eigenvalue weighted by Gasteiger charge is 2.23. The predicted molar refractivity (Wildman–Crippen MR) is 96.8 cm³/mol. The first-order chi connectivity index (χ1) is 11.6. The van der Waals surface area contributed by atoms with E-state index in [0.29, 0.717) is 19.1 Å². The van der Waals surface area contributed by atoms with Crippen LogP contribution in [0.4, 0.5) is 0 Å². The predicted octanol–water partition coefficient (Wildman–Crippen LogP) is 1.24. The molecule has 1 aromatic rings. The van der Waals surface area contributed by atoms with Gasteiger partial charge in [0.15, 0.2) is 0 Å². The minimum Gasteiger partial charge on any atom is -0.368 e. The Bertz CT molecular complexity index is 505. The van der Waals surface area contributed by atoms with Crippen molar-refractivity contribution in [3.63, 3.8) is 0 Å². The molecule has 0 saturated carbocycles. The van der Waals surface area contributed by atoms with Gasteiger partial charge in [-0.1, -0.05) is 13.3 Å². The molecular weight excluding hydrogens is 324 g/mol. The molecule has 3 rings (SSSR count). The lowest BCUT2D eigenvalue weighted by Crippen LogP contribution is -2.46. The summed E-state index contributed by atoms with van der Waals surface area (Å²) < 4.78 is 0. The number of primary amides is 1. The second kappa shape index (κ2) is 9.76. The van der Waals surface area contributed by atoms with Crippen LogP contribution in [0, 0.1) is 0 Å². The van der Waals surface area contributed by atoms with E-state index < -0.39 is 0 Å². The fraction of sp³-hybridized carbons (Fsp3) is 0.647. The van der Waals surface area contributed by atoms with Gasteiger partial charge in [0.1, 0.15) is 0 Å². The number of hydrogen-bond donors (Lipinski definition) is 3. The number of amides is 2. The van der Waals surface area contributed by atoms with E-state index in [2.05, 4.69) is 27.0 Å². The summed E-state index contributed by atoms with van der Waals surface area (Å²) in [4.78, 5) is 24.0. The summed E-state index contributed by atoms with van der Waals surface area (Å²) in [6, 6.07) is 2.36. The first-order valence-corrected chi connectivity index (χ1v) is 9.61. The minimum absolute atomic E-state index is 0.0229. The van der Waals surface area contributed by atoms with Gasteiger partial charge in [0.25, 0.3) is 0 Å². The van der Waals surface area contributed by atoms with Gasteiger partial charge in [0.2, 0.25) is 11.8 Å². The Morgan fingerprint density at radius 1 is 1.42 bits per heavy atom. The largest absolute Gasteiger partial charge is 0.368 e. The maximum atomic E-state index is 11.0. The molecule has 2 saturated heterocycles. The van der Waals surface area contributed by atoms with Crippen LogP contribution in [0.15, 0.2) is 16.8 Å². The number of piperidine rings is 1. The maximum Gasteiger partial charge on any atom is 0.234 e. The van der Waals surface area contributed by atoms with Gasteiger partial charge in [-0.2, -0.15) is 11.3 Å².